The first-order chi connectivity index (χ1) is 9.36. The van der Waals surface area contributed by atoms with Crippen molar-refractivity contribution in [3.8, 4) is 0 Å². The first-order valence-corrected chi connectivity index (χ1v) is 6.66. The fourth-order valence-electron chi connectivity index (χ4n) is 1.51. The van der Waals surface area contributed by atoms with Crippen molar-refractivity contribution >= 4 is 5.96 Å². The molecule has 0 radical (unpaired) electrons. The molecular formula is C13H25N5O2. The second kappa shape index (κ2) is 7.23. The average Bonchev–Trinajstić information content (AvgIpc) is 2.83. The molecule has 114 valence electrons. The molecule has 0 aromatic carbocycles. The molecule has 1 aromatic heterocycles. The quantitative estimate of drug-likeness (QED) is 0.621. The average molecular weight is 283 g/mol. The van der Waals surface area contributed by atoms with Gasteiger partial charge in [-0.25, -0.2) is 0 Å². The van der Waals surface area contributed by atoms with Gasteiger partial charge in [0.15, 0.2) is 11.8 Å². The number of hydrogen-bond donors (Lipinski definition) is 2. The molecule has 0 fully saturated rings. The molecule has 0 aliphatic carbocycles. The second-order valence-electron chi connectivity index (χ2n) is 5.69. The van der Waals surface area contributed by atoms with Crippen molar-refractivity contribution in [3.63, 3.8) is 0 Å². The monoisotopic (exact) mass is 283 g/mol. The minimum Gasteiger partial charge on any atom is -0.383 e. The Balaban J connectivity index is 2.51. The first-order valence-electron chi connectivity index (χ1n) is 6.66. The van der Waals surface area contributed by atoms with Crippen LogP contribution in [-0.4, -0.2) is 42.9 Å². The lowest BCUT2D eigenvalue weighted by molar-refractivity contribution is 0.179. The van der Waals surface area contributed by atoms with Crippen LogP contribution in [0.2, 0.25) is 0 Å². The Morgan fingerprint density at radius 2 is 2.15 bits per heavy atom. The topological polar surface area (TPSA) is 84.6 Å². The normalized spacial score (nSPS) is 14.2. The number of ether oxygens (including phenoxy) is 1. The molecule has 0 spiro atoms. The predicted octanol–water partition coefficient (Wildman–Crippen LogP) is 1.07. The third-order valence-corrected chi connectivity index (χ3v) is 2.55. The van der Waals surface area contributed by atoms with Gasteiger partial charge in [-0.2, -0.15) is 4.98 Å². The summed E-state index contributed by atoms with van der Waals surface area (Å²) in [5.41, 5.74) is -0.141. The van der Waals surface area contributed by atoms with Gasteiger partial charge in [-0.3, -0.25) is 4.99 Å². The molecule has 2 N–H and O–H groups in total. The maximum atomic E-state index is 5.23. The summed E-state index contributed by atoms with van der Waals surface area (Å²) in [6, 6.07) is 0.168. The summed E-state index contributed by atoms with van der Waals surface area (Å²) < 4.78 is 10.3. The van der Waals surface area contributed by atoms with E-state index in [4.69, 9.17) is 9.26 Å². The number of aromatic nitrogens is 2. The molecule has 7 nitrogen and oxygen atoms in total. The van der Waals surface area contributed by atoms with Crippen LogP contribution in [0, 0.1) is 0 Å². The fraction of sp³-hybridized carbons (Fsp3) is 0.769. The molecule has 0 saturated carbocycles. The smallest absolute Gasteiger partial charge is 0.232 e. The third-order valence-electron chi connectivity index (χ3n) is 2.55. The highest BCUT2D eigenvalue weighted by Gasteiger charge is 2.21. The van der Waals surface area contributed by atoms with Crippen molar-refractivity contribution in [1.29, 1.82) is 0 Å². The van der Waals surface area contributed by atoms with Crippen molar-refractivity contribution in [2.75, 3.05) is 20.8 Å². The van der Waals surface area contributed by atoms with Crippen LogP contribution in [0.15, 0.2) is 9.52 Å². The van der Waals surface area contributed by atoms with Crippen LogP contribution in [0.5, 0.6) is 0 Å². The second-order valence-corrected chi connectivity index (χ2v) is 5.69. The van der Waals surface area contributed by atoms with Crippen LogP contribution in [0.3, 0.4) is 0 Å². The number of nitrogens with one attached hydrogen (secondary N) is 2. The number of methoxy groups -OCH3 is 1. The zero-order chi connectivity index (χ0) is 15.2. The maximum absolute atomic E-state index is 5.23. The van der Waals surface area contributed by atoms with Crippen molar-refractivity contribution in [1.82, 2.24) is 20.8 Å². The van der Waals surface area contributed by atoms with E-state index in [9.17, 15) is 0 Å². The van der Waals surface area contributed by atoms with E-state index >= 15 is 0 Å². The molecule has 0 aliphatic rings. The first kappa shape index (κ1) is 16.4. The van der Waals surface area contributed by atoms with Gasteiger partial charge in [-0.15, -0.1) is 0 Å². The van der Waals surface area contributed by atoms with Crippen LogP contribution in [0.1, 0.15) is 39.4 Å². The lowest BCUT2D eigenvalue weighted by atomic mass is 9.97. The van der Waals surface area contributed by atoms with Crippen LogP contribution < -0.4 is 10.6 Å². The van der Waals surface area contributed by atoms with Gasteiger partial charge >= 0.3 is 0 Å². The van der Waals surface area contributed by atoms with Gasteiger partial charge in [0.25, 0.3) is 0 Å². The molecule has 1 rings (SSSR count). The SMILES string of the molecule is CN=C(NCc1noc(C(C)(C)C)n1)NC(C)COC. The molecule has 7 heteroatoms. The van der Waals surface area contributed by atoms with E-state index in [2.05, 4.69) is 25.8 Å². The number of aliphatic imine (C=N–C) groups is 1. The lowest BCUT2D eigenvalue weighted by Crippen LogP contribution is -2.43. The molecule has 0 aliphatic heterocycles. The summed E-state index contributed by atoms with van der Waals surface area (Å²) in [6.07, 6.45) is 0. The van der Waals surface area contributed by atoms with Crippen molar-refractivity contribution in [3.05, 3.63) is 11.7 Å². The Hall–Kier alpha value is -1.63. The molecule has 20 heavy (non-hydrogen) atoms. The molecule has 1 aromatic rings. The summed E-state index contributed by atoms with van der Waals surface area (Å²) in [6.45, 7) is 9.18. The van der Waals surface area contributed by atoms with Crippen LogP contribution in [0.4, 0.5) is 0 Å². The van der Waals surface area contributed by atoms with E-state index in [1.807, 2.05) is 27.7 Å². The zero-order valence-electron chi connectivity index (χ0n) is 13.1. The number of rotatable bonds is 5. The highest BCUT2D eigenvalue weighted by Crippen LogP contribution is 2.19. The van der Waals surface area contributed by atoms with Gasteiger partial charge in [-0.05, 0) is 6.92 Å². The van der Waals surface area contributed by atoms with E-state index < -0.39 is 0 Å². The van der Waals surface area contributed by atoms with Crippen LogP contribution in [0.25, 0.3) is 0 Å². The van der Waals surface area contributed by atoms with E-state index in [1.54, 1.807) is 14.2 Å². The summed E-state index contributed by atoms with van der Waals surface area (Å²) in [4.78, 5) is 8.49. The largest absolute Gasteiger partial charge is 0.383 e. The Kier molecular flexibility index (Phi) is 5.94. The van der Waals surface area contributed by atoms with Gasteiger partial charge in [-0.1, -0.05) is 25.9 Å². The molecule has 0 bridgehead atoms. The molecule has 1 unspecified atom stereocenters. The summed E-state index contributed by atoms with van der Waals surface area (Å²) in [7, 11) is 3.38. The van der Waals surface area contributed by atoms with Gasteiger partial charge in [0.1, 0.15) is 0 Å². The Bertz CT molecular complexity index is 436. The minimum atomic E-state index is -0.141. The van der Waals surface area contributed by atoms with Crippen LogP contribution >= 0.6 is 0 Å². The van der Waals surface area contributed by atoms with E-state index in [1.165, 1.54) is 0 Å². The number of guanidine groups is 1. The lowest BCUT2D eigenvalue weighted by Gasteiger charge is -2.16. The zero-order valence-corrected chi connectivity index (χ0v) is 13.1. The highest BCUT2D eigenvalue weighted by molar-refractivity contribution is 5.79. The molecule has 0 saturated heterocycles. The number of hydrogen-bond acceptors (Lipinski definition) is 5. The fourth-order valence-corrected chi connectivity index (χ4v) is 1.51. The van der Waals surface area contributed by atoms with Crippen molar-refractivity contribution in [2.45, 2.75) is 45.7 Å². The van der Waals surface area contributed by atoms with Gasteiger partial charge in [0.2, 0.25) is 5.89 Å². The van der Waals surface area contributed by atoms with Gasteiger partial charge in [0, 0.05) is 25.6 Å². The van der Waals surface area contributed by atoms with Gasteiger partial charge < -0.3 is 19.9 Å². The Morgan fingerprint density at radius 1 is 1.45 bits per heavy atom. The van der Waals surface area contributed by atoms with E-state index in [0.29, 0.717) is 30.8 Å². The molecule has 1 heterocycles. The third kappa shape index (κ3) is 5.16. The highest BCUT2D eigenvalue weighted by atomic mass is 16.5. The van der Waals surface area contributed by atoms with E-state index in [-0.39, 0.29) is 11.5 Å². The number of nitrogens with zero attached hydrogens (tertiary/aromatic N) is 3. The standard InChI is InChI=1S/C13H25N5O2/c1-9(8-19-6)16-12(14-5)15-7-10-17-11(20-18-10)13(2,3)4/h9H,7-8H2,1-6H3,(H2,14,15,16). The maximum Gasteiger partial charge on any atom is 0.232 e. The summed E-state index contributed by atoms with van der Waals surface area (Å²) in [5.74, 6) is 1.92. The Labute approximate surface area is 120 Å². The molecular weight excluding hydrogens is 258 g/mol. The summed E-state index contributed by atoms with van der Waals surface area (Å²) >= 11 is 0. The van der Waals surface area contributed by atoms with Gasteiger partial charge in [0.05, 0.1) is 13.2 Å². The molecule has 1 atom stereocenters. The minimum absolute atomic E-state index is 0.141. The van der Waals surface area contributed by atoms with Crippen molar-refractivity contribution < 1.29 is 9.26 Å². The Morgan fingerprint density at radius 3 is 2.65 bits per heavy atom. The summed E-state index contributed by atoms with van der Waals surface area (Å²) in [5, 5.41) is 10.3. The molecule has 0 amide bonds. The van der Waals surface area contributed by atoms with Crippen LogP contribution in [-0.2, 0) is 16.7 Å². The van der Waals surface area contributed by atoms with Crippen molar-refractivity contribution in [2.24, 2.45) is 4.99 Å². The predicted molar refractivity (Wildman–Crippen MR) is 77.7 cm³/mol. The van der Waals surface area contributed by atoms with E-state index in [0.717, 1.165) is 0 Å².